The number of carbonyl (C=O) groups is 1. The van der Waals surface area contributed by atoms with Gasteiger partial charge in [0.15, 0.2) is 0 Å². The van der Waals surface area contributed by atoms with Gasteiger partial charge in [0.25, 0.3) is 0 Å². The molecule has 1 aliphatic heterocycles. The smallest absolute Gasteiger partial charge is 0.230 e. The Morgan fingerprint density at radius 3 is 2.61 bits per heavy atom. The van der Waals surface area contributed by atoms with E-state index < -0.39 is 0 Å². The van der Waals surface area contributed by atoms with Gasteiger partial charge in [0, 0.05) is 23.7 Å². The molecule has 2 aliphatic rings. The standard InChI is InChI=1S/C25H40N2O/c1-4-6-8-19-9-12-21(13-10-19)25(28)27-18(3)15-22-16-20(11-14-24(22)27)17-23(26)7-5-2/h11,14,16,18-19,21,23H,4-10,12-13,15,17,26H2,1-3H3. The fourth-order valence-corrected chi connectivity index (χ4v) is 5.31. The van der Waals surface area contributed by atoms with Crippen molar-refractivity contribution in [2.45, 2.75) is 103 Å². The van der Waals surface area contributed by atoms with Crippen molar-refractivity contribution in [1.29, 1.82) is 0 Å². The van der Waals surface area contributed by atoms with Crippen LogP contribution in [0.3, 0.4) is 0 Å². The van der Waals surface area contributed by atoms with Crippen molar-refractivity contribution in [3.05, 3.63) is 29.3 Å². The summed E-state index contributed by atoms with van der Waals surface area (Å²) in [5, 5.41) is 0. The lowest BCUT2D eigenvalue weighted by Crippen LogP contribution is -2.41. The predicted molar refractivity (Wildman–Crippen MR) is 119 cm³/mol. The number of nitrogens with zero attached hydrogens (tertiary/aromatic N) is 1. The molecule has 2 N–H and O–H groups in total. The van der Waals surface area contributed by atoms with Crippen LogP contribution in [0.5, 0.6) is 0 Å². The van der Waals surface area contributed by atoms with Crippen LogP contribution in [0.1, 0.15) is 89.7 Å². The van der Waals surface area contributed by atoms with Crippen molar-refractivity contribution in [2.24, 2.45) is 17.6 Å². The van der Waals surface area contributed by atoms with Crippen molar-refractivity contribution in [1.82, 2.24) is 0 Å². The van der Waals surface area contributed by atoms with E-state index in [1.165, 1.54) is 43.2 Å². The number of fused-ring (bicyclic) bond motifs is 1. The summed E-state index contributed by atoms with van der Waals surface area (Å²) in [5.74, 6) is 1.45. The molecule has 28 heavy (non-hydrogen) atoms. The van der Waals surface area contributed by atoms with Crippen molar-refractivity contribution >= 4 is 11.6 Å². The normalized spacial score (nSPS) is 25.6. The van der Waals surface area contributed by atoms with Crippen LogP contribution in [0.4, 0.5) is 5.69 Å². The van der Waals surface area contributed by atoms with Crippen molar-refractivity contribution in [2.75, 3.05) is 4.90 Å². The minimum Gasteiger partial charge on any atom is -0.327 e. The highest BCUT2D eigenvalue weighted by molar-refractivity contribution is 5.97. The van der Waals surface area contributed by atoms with Crippen molar-refractivity contribution in [3.63, 3.8) is 0 Å². The molecule has 1 aliphatic carbocycles. The van der Waals surface area contributed by atoms with Crippen LogP contribution in [0, 0.1) is 11.8 Å². The van der Waals surface area contributed by atoms with Crippen LogP contribution in [-0.2, 0) is 17.6 Å². The maximum absolute atomic E-state index is 13.3. The van der Waals surface area contributed by atoms with Gasteiger partial charge in [-0.1, -0.05) is 51.7 Å². The van der Waals surface area contributed by atoms with Crippen LogP contribution in [0.2, 0.25) is 0 Å². The molecular weight excluding hydrogens is 344 g/mol. The molecule has 1 heterocycles. The fourth-order valence-electron chi connectivity index (χ4n) is 5.31. The van der Waals surface area contributed by atoms with E-state index >= 15 is 0 Å². The number of hydrogen-bond acceptors (Lipinski definition) is 2. The molecule has 0 radical (unpaired) electrons. The quantitative estimate of drug-likeness (QED) is 0.631. The minimum absolute atomic E-state index is 0.226. The highest BCUT2D eigenvalue weighted by atomic mass is 16.2. The molecule has 0 saturated heterocycles. The number of benzene rings is 1. The predicted octanol–water partition coefficient (Wildman–Crippen LogP) is 5.63. The van der Waals surface area contributed by atoms with E-state index in [0.29, 0.717) is 5.91 Å². The SMILES string of the molecule is CCCCC1CCC(C(=O)N2c3ccc(CC(N)CCC)cc3CC2C)CC1. The van der Waals surface area contributed by atoms with Crippen molar-refractivity contribution < 1.29 is 4.79 Å². The summed E-state index contributed by atoms with van der Waals surface area (Å²) in [6.45, 7) is 6.66. The molecule has 3 rings (SSSR count). The van der Waals surface area contributed by atoms with E-state index in [4.69, 9.17) is 5.73 Å². The Labute approximate surface area is 172 Å². The fraction of sp³-hybridized carbons (Fsp3) is 0.720. The number of rotatable bonds is 8. The summed E-state index contributed by atoms with van der Waals surface area (Å²) in [7, 11) is 0. The van der Waals surface area contributed by atoms with E-state index in [-0.39, 0.29) is 18.0 Å². The van der Waals surface area contributed by atoms with Crippen LogP contribution >= 0.6 is 0 Å². The summed E-state index contributed by atoms with van der Waals surface area (Å²) in [5.41, 5.74) is 10.0. The molecule has 2 atom stereocenters. The third kappa shape index (κ3) is 4.97. The molecule has 1 fully saturated rings. The molecule has 1 aromatic carbocycles. The summed E-state index contributed by atoms with van der Waals surface area (Å²) in [6, 6.07) is 7.18. The van der Waals surface area contributed by atoms with Gasteiger partial charge in [0.2, 0.25) is 5.91 Å². The average molecular weight is 385 g/mol. The van der Waals surface area contributed by atoms with Crippen LogP contribution in [0.15, 0.2) is 18.2 Å². The third-order valence-corrected chi connectivity index (χ3v) is 6.92. The zero-order valence-electron chi connectivity index (χ0n) is 18.3. The molecular formula is C25H40N2O. The summed E-state index contributed by atoms with van der Waals surface area (Å²) >= 11 is 0. The molecule has 0 aromatic heterocycles. The second-order valence-corrected chi connectivity index (χ2v) is 9.34. The number of nitrogens with two attached hydrogens (primary N) is 1. The number of anilines is 1. The van der Waals surface area contributed by atoms with Gasteiger partial charge in [0.1, 0.15) is 0 Å². The first-order valence-corrected chi connectivity index (χ1v) is 11.7. The van der Waals surface area contributed by atoms with Gasteiger partial charge in [-0.25, -0.2) is 0 Å². The summed E-state index contributed by atoms with van der Waals surface area (Å²) in [6.07, 6.45) is 12.7. The maximum Gasteiger partial charge on any atom is 0.230 e. The summed E-state index contributed by atoms with van der Waals surface area (Å²) in [4.78, 5) is 15.5. The first-order chi connectivity index (χ1) is 13.5. The zero-order chi connectivity index (χ0) is 20.1. The third-order valence-electron chi connectivity index (χ3n) is 6.92. The lowest BCUT2D eigenvalue weighted by molar-refractivity contribution is -0.123. The van der Waals surface area contributed by atoms with Gasteiger partial charge in [-0.3, -0.25) is 4.79 Å². The Morgan fingerprint density at radius 2 is 1.93 bits per heavy atom. The monoisotopic (exact) mass is 384 g/mol. The minimum atomic E-state index is 0.226. The lowest BCUT2D eigenvalue weighted by Gasteiger charge is -2.32. The van der Waals surface area contributed by atoms with Gasteiger partial charge >= 0.3 is 0 Å². The van der Waals surface area contributed by atoms with E-state index in [2.05, 4.69) is 43.9 Å². The number of carbonyl (C=O) groups excluding carboxylic acids is 1. The Morgan fingerprint density at radius 1 is 1.18 bits per heavy atom. The Bertz CT molecular complexity index is 648. The van der Waals surface area contributed by atoms with Crippen molar-refractivity contribution in [3.8, 4) is 0 Å². The molecule has 0 spiro atoms. The van der Waals surface area contributed by atoms with Gasteiger partial charge in [-0.05, 0) is 75.0 Å². The van der Waals surface area contributed by atoms with E-state index in [1.807, 2.05) is 0 Å². The van der Waals surface area contributed by atoms with E-state index in [1.54, 1.807) is 0 Å². The molecule has 1 amide bonds. The first kappa shape index (κ1) is 21.4. The van der Waals surface area contributed by atoms with Crippen LogP contribution in [0.25, 0.3) is 0 Å². The van der Waals surface area contributed by atoms with Crippen LogP contribution < -0.4 is 10.6 Å². The molecule has 3 nitrogen and oxygen atoms in total. The van der Waals surface area contributed by atoms with Gasteiger partial charge in [-0.15, -0.1) is 0 Å². The second-order valence-electron chi connectivity index (χ2n) is 9.34. The summed E-state index contributed by atoms with van der Waals surface area (Å²) < 4.78 is 0. The van der Waals surface area contributed by atoms with Gasteiger partial charge in [0.05, 0.1) is 0 Å². The zero-order valence-corrected chi connectivity index (χ0v) is 18.3. The first-order valence-electron chi connectivity index (χ1n) is 11.7. The molecule has 0 bridgehead atoms. The molecule has 2 unspecified atom stereocenters. The Hall–Kier alpha value is -1.35. The second kappa shape index (κ2) is 9.91. The van der Waals surface area contributed by atoms with Gasteiger partial charge < -0.3 is 10.6 Å². The number of hydrogen-bond donors (Lipinski definition) is 1. The Kier molecular flexibility index (Phi) is 7.56. The Balaban J connectivity index is 1.64. The highest BCUT2D eigenvalue weighted by Gasteiger charge is 2.36. The number of unbranched alkanes of at least 4 members (excludes halogenated alkanes) is 1. The van der Waals surface area contributed by atoms with Crippen LogP contribution in [-0.4, -0.2) is 18.0 Å². The van der Waals surface area contributed by atoms with E-state index in [0.717, 1.165) is 50.1 Å². The molecule has 3 heteroatoms. The highest BCUT2D eigenvalue weighted by Crippen LogP contribution is 2.38. The van der Waals surface area contributed by atoms with Gasteiger partial charge in [-0.2, -0.15) is 0 Å². The molecule has 1 saturated carbocycles. The average Bonchev–Trinajstić information content (AvgIpc) is 3.01. The topological polar surface area (TPSA) is 46.3 Å². The lowest BCUT2D eigenvalue weighted by atomic mass is 9.79. The molecule has 156 valence electrons. The number of amides is 1. The maximum atomic E-state index is 13.3. The largest absolute Gasteiger partial charge is 0.327 e. The molecule has 1 aromatic rings. The van der Waals surface area contributed by atoms with E-state index in [9.17, 15) is 4.79 Å².